The van der Waals surface area contributed by atoms with Crippen LogP contribution in [0.2, 0.25) is 0 Å². The molecule has 92 valence electrons. The standard InChI is InChI=1S/C11H21N3O2/c1-9-8-13(6-7-14(9)12-5)10(15)16-11(2,3)4/h12H,1,6-8H2,2-5H3. The predicted octanol–water partition coefficient (Wildman–Crippen LogP) is 1.19. The molecule has 0 aromatic rings. The van der Waals surface area contributed by atoms with Gasteiger partial charge in [-0.25, -0.2) is 10.2 Å². The molecule has 1 N–H and O–H groups in total. The third-order valence-electron chi connectivity index (χ3n) is 2.27. The Morgan fingerprint density at radius 2 is 2.06 bits per heavy atom. The highest BCUT2D eigenvalue weighted by atomic mass is 16.6. The molecule has 0 saturated carbocycles. The first kappa shape index (κ1) is 12.8. The maximum atomic E-state index is 11.8. The summed E-state index contributed by atoms with van der Waals surface area (Å²) in [6, 6.07) is 0. The Morgan fingerprint density at radius 3 is 2.50 bits per heavy atom. The van der Waals surface area contributed by atoms with Crippen LogP contribution in [0.1, 0.15) is 20.8 Å². The van der Waals surface area contributed by atoms with Crippen molar-refractivity contribution in [3.63, 3.8) is 0 Å². The number of carbonyl (C=O) groups is 1. The van der Waals surface area contributed by atoms with Gasteiger partial charge in [-0.3, -0.25) is 0 Å². The van der Waals surface area contributed by atoms with Gasteiger partial charge in [0.25, 0.3) is 0 Å². The minimum Gasteiger partial charge on any atom is -0.444 e. The van der Waals surface area contributed by atoms with Crippen LogP contribution in [0.4, 0.5) is 4.79 Å². The minimum absolute atomic E-state index is 0.274. The second kappa shape index (κ2) is 4.74. The van der Waals surface area contributed by atoms with Crippen molar-refractivity contribution >= 4 is 6.09 Å². The van der Waals surface area contributed by atoms with E-state index in [9.17, 15) is 4.79 Å². The maximum Gasteiger partial charge on any atom is 0.410 e. The molecule has 1 saturated heterocycles. The summed E-state index contributed by atoms with van der Waals surface area (Å²) in [6.07, 6.45) is -0.274. The zero-order valence-electron chi connectivity index (χ0n) is 10.5. The molecule has 0 aliphatic carbocycles. The number of rotatable bonds is 1. The first-order chi connectivity index (χ1) is 7.33. The summed E-state index contributed by atoms with van der Waals surface area (Å²) in [7, 11) is 1.84. The number of nitrogens with zero attached hydrogens (tertiary/aromatic N) is 2. The van der Waals surface area contributed by atoms with Crippen LogP contribution in [0.3, 0.4) is 0 Å². The molecule has 5 nitrogen and oxygen atoms in total. The zero-order valence-corrected chi connectivity index (χ0v) is 10.5. The van der Waals surface area contributed by atoms with E-state index >= 15 is 0 Å². The largest absolute Gasteiger partial charge is 0.444 e. The van der Waals surface area contributed by atoms with E-state index in [0.29, 0.717) is 13.1 Å². The van der Waals surface area contributed by atoms with Crippen LogP contribution in [0.15, 0.2) is 12.3 Å². The summed E-state index contributed by atoms with van der Waals surface area (Å²) < 4.78 is 5.30. The monoisotopic (exact) mass is 227 g/mol. The van der Waals surface area contributed by atoms with E-state index in [1.807, 2.05) is 32.8 Å². The fraction of sp³-hybridized carbons (Fsp3) is 0.727. The highest BCUT2D eigenvalue weighted by molar-refractivity contribution is 5.68. The molecule has 1 rings (SSSR count). The molecule has 0 aromatic carbocycles. The molecule has 1 amide bonds. The van der Waals surface area contributed by atoms with Gasteiger partial charge in [-0.15, -0.1) is 0 Å². The lowest BCUT2D eigenvalue weighted by atomic mass is 10.2. The van der Waals surface area contributed by atoms with Gasteiger partial charge in [-0.1, -0.05) is 6.58 Å². The molecule has 0 aromatic heterocycles. The van der Waals surface area contributed by atoms with Crippen LogP contribution in [-0.2, 0) is 4.74 Å². The van der Waals surface area contributed by atoms with Crippen molar-refractivity contribution in [2.75, 3.05) is 26.7 Å². The fourth-order valence-corrected chi connectivity index (χ4v) is 1.52. The van der Waals surface area contributed by atoms with Crippen LogP contribution in [-0.4, -0.2) is 48.3 Å². The molecular weight excluding hydrogens is 206 g/mol. The smallest absolute Gasteiger partial charge is 0.410 e. The number of nitrogens with one attached hydrogen (secondary N) is 1. The Labute approximate surface area is 97.0 Å². The van der Waals surface area contributed by atoms with Crippen LogP contribution in [0, 0.1) is 0 Å². The van der Waals surface area contributed by atoms with Gasteiger partial charge in [0.1, 0.15) is 5.60 Å². The van der Waals surface area contributed by atoms with E-state index in [-0.39, 0.29) is 6.09 Å². The van der Waals surface area contributed by atoms with Crippen molar-refractivity contribution < 1.29 is 9.53 Å². The van der Waals surface area contributed by atoms with Gasteiger partial charge in [0.2, 0.25) is 0 Å². The van der Waals surface area contributed by atoms with Crippen molar-refractivity contribution in [3.05, 3.63) is 12.3 Å². The molecule has 5 heteroatoms. The summed E-state index contributed by atoms with van der Waals surface area (Å²) >= 11 is 0. The lowest BCUT2D eigenvalue weighted by molar-refractivity contribution is 0.0177. The number of ether oxygens (including phenoxy) is 1. The normalized spacial score (nSPS) is 17.6. The topological polar surface area (TPSA) is 44.8 Å². The van der Waals surface area contributed by atoms with Crippen LogP contribution in [0.5, 0.6) is 0 Å². The van der Waals surface area contributed by atoms with E-state index in [0.717, 1.165) is 12.2 Å². The van der Waals surface area contributed by atoms with Crippen molar-refractivity contribution in [2.45, 2.75) is 26.4 Å². The second-order valence-electron chi connectivity index (χ2n) is 4.84. The SMILES string of the molecule is C=C1CN(C(=O)OC(C)(C)C)CCN1NC. The molecule has 0 unspecified atom stereocenters. The molecule has 0 atom stereocenters. The number of carbonyl (C=O) groups excluding carboxylic acids is 1. The van der Waals surface area contributed by atoms with E-state index in [4.69, 9.17) is 4.74 Å². The van der Waals surface area contributed by atoms with Crippen molar-refractivity contribution in [1.82, 2.24) is 15.3 Å². The van der Waals surface area contributed by atoms with E-state index < -0.39 is 5.60 Å². The Hall–Kier alpha value is -1.23. The summed E-state index contributed by atoms with van der Waals surface area (Å²) in [6.45, 7) is 11.4. The summed E-state index contributed by atoms with van der Waals surface area (Å²) in [5.41, 5.74) is 3.45. The van der Waals surface area contributed by atoms with Crippen LogP contribution >= 0.6 is 0 Å². The van der Waals surface area contributed by atoms with Crippen LogP contribution in [0.25, 0.3) is 0 Å². The Morgan fingerprint density at radius 1 is 1.44 bits per heavy atom. The average Bonchev–Trinajstić information content (AvgIpc) is 2.15. The highest BCUT2D eigenvalue weighted by Crippen LogP contribution is 2.14. The summed E-state index contributed by atoms with van der Waals surface area (Å²) in [4.78, 5) is 13.4. The van der Waals surface area contributed by atoms with E-state index in [2.05, 4.69) is 12.0 Å². The van der Waals surface area contributed by atoms with Crippen molar-refractivity contribution in [2.24, 2.45) is 0 Å². The third-order valence-corrected chi connectivity index (χ3v) is 2.27. The molecule has 1 aliphatic heterocycles. The number of hydrazine groups is 1. The molecule has 16 heavy (non-hydrogen) atoms. The maximum absolute atomic E-state index is 11.8. The number of amides is 1. The first-order valence-electron chi connectivity index (χ1n) is 5.44. The Kier molecular flexibility index (Phi) is 3.80. The van der Waals surface area contributed by atoms with Gasteiger partial charge in [0.05, 0.1) is 13.1 Å². The molecule has 0 radical (unpaired) electrons. The van der Waals surface area contributed by atoms with Crippen molar-refractivity contribution in [3.8, 4) is 0 Å². The van der Waals surface area contributed by atoms with Gasteiger partial charge in [0.15, 0.2) is 0 Å². The quantitative estimate of drug-likeness (QED) is 0.731. The van der Waals surface area contributed by atoms with E-state index in [1.54, 1.807) is 4.90 Å². The van der Waals surface area contributed by atoms with Crippen LogP contribution < -0.4 is 5.43 Å². The molecule has 1 heterocycles. The van der Waals surface area contributed by atoms with Gasteiger partial charge >= 0.3 is 6.09 Å². The molecular formula is C11H21N3O2. The fourth-order valence-electron chi connectivity index (χ4n) is 1.52. The lowest BCUT2D eigenvalue weighted by Gasteiger charge is -2.37. The summed E-state index contributed by atoms with van der Waals surface area (Å²) in [5.74, 6) is 0. The number of piperazine rings is 1. The first-order valence-corrected chi connectivity index (χ1v) is 5.44. The van der Waals surface area contributed by atoms with E-state index in [1.165, 1.54) is 0 Å². The number of hydrogen-bond donors (Lipinski definition) is 1. The minimum atomic E-state index is -0.446. The zero-order chi connectivity index (χ0) is 12.3. The Bertz CT molecular complexity index is 283. The van der Waals surface area contributed by atoms with Gasteiger partial charge < -0.3 is 14.6 Å². The van der Waals surface area contributed by atoms with Gasteiger partial charge in [0, 0.05) is 19.3 Å². The Balaban J connectivity index is 2.52. The van der Waals surface area contributed by atoms with Gasteiger partial charge in [-0.2, -0.15) is 0 Å². The van der Waals surface area contributed by atoms with Crippen molar-refractivity contribution in [1.29, 1.82) is 0 Å². The predicted molar refractivity (Wildman–Crippen MR) is 62.7 cm³/mol. The third kappa shape index (κ3) is 3.41. The molecule has 0 spiro atoms. The highest BCUT2D eigenvalue weighted by Gasteiger charge is 2.26. The van der Waals surface area contributed by atoms with Gasteiger partial charge in [-0.05, 0) is 20.8 Å². The summed E-state index contributed by atoms with van der Waals surface area (Å²) in [5, 5.41) is 1.93. The lowest BCUT2D eigenvalue weighted by Crippen LogP contribution is -2.51. The molecule has 1 aliphatic rings. The number of hydrogen-bond acceptors (Lipinski definition) is 4. The molecule has 0 bridgehead atoms. The molecule has 1 fully saturated rings. The second-order valence-corrected chi connectivity index (χ2v) is 4.84. The average molecular weight is 227 g/mol.